The Labute approximate surface area is 115 Å². The molecule has 0 fully saturated rings. The fraction of sp³-hybridized carbons (Fsp3) is 0.714. The summed E-state index contributed by atoms with van der Waals surface area (Å²) in [4.78, 5) is 21.7. The molecule has 1 amide bonds. The highest BCUT2D eigenvalue weighted by Gasteiger charge is 1.98. The number of hydrogen-bond acceptors (Lipinski definition) is 4. The summed E-state index contributed by atoms with van der Waals surface area (Å²) in [5.74, 6) is -0.589. The van der Waals surface area contributed by atoms with Gasteiger partial charge in [0.15, 0.2) is 0 Å². The van der Waals surface area contributed by atoms with E-state index in [2.05, 4.69) is 0 Å². The molecule has 0 heterocycles. The third kappa shape index (κ3) is 12.9. The number of hydrogen-bond donors (Lipinski definition) is 2. The predicted molar refractivity (Wildman–Crippen MR) is 72.6 cm³/mol. The van der Waals surface area contributed by atoms with Crippen LogP contribution < -0.4 is 5.48 Å². The zero-order valence-corrected chi connectivity index (χ0v) is 11.7. The second-order valence-corrected chi connectivity index (χ2v) is 4.35. The van der Waals surface area contributed by atoms with Crippen LogP contribution in [-0.4, -0.2) is 23.7 Å². The Morgan fingerprint density at radius 3 is 2.37 bits per heavy atom. The Balaban J connectivity index is 3.23. The van der Waals surface area contributed by atoms with Crippen molar-refractivity contribution in [1.82, 2.24) is 5.48 Å². The molecular weight excluding hydrogens is 246 g/mol. The Bertz CT molecular complexity index is 277. The summed E-state index contributed by atoms with van der Waals surface area (Å²) in [5.41, 5.74) is 1.62. The molecule has 0 saturated carbocycles. The number of allylic oxidation sites excluding steroid dienone is 1. The molecule has 0 bridgehead atoms. The van der Waals surface area contributed by atoms with Gasteiger partial charge in [-0.3, -0.25) is 10.0 Å². The van der Waals surface area contributed by atoms with E-state index < -0.39 is 0 Å². The lowest BCUT2D eigenvalue weighted by atomic mass is 10.1. The second kappa shape index (κ2) is 13.1. The molecule has 0 aromatic rings. The van der Waals surface area contributed by atoms with Gasteiger partial charge in [-0.1, -0.05) is 31.8 Å². The summed E-state index contributed by atoms with van der Waals surface area (Å²) in [6.07, 6.45) is 10.9. The number of carbonyl (C=O) groups is 2. The highest BCUT2D eigenvalue weighted by Crippen LogP contribution is 2.08. The van der Waals surface area contributed by atoms with Crippen molar-refractivity contribution in [2.45, 2.75) is 58.3 Å². The normalized spacial score (nSPS) is 10.6. The average Bonchev–Trinajstić information content (AvgIpc) is 2.40. The average molecular weight is 271 g/mol. The Kier molecular flexibility index (Phi) is 12.1. The molecular formula is C14H25NO4. The zero-order chi connectivity index (χ0) is 14.3. The first kappa shape index (κ1) is 17.6. The van der Waals surface area contributed by atoms with Gasteiger partial charge in [0.05, 0.1) is 6.61 Å². The highest BCUT2D eigenvalue weighted by molar-refractivity contribution is 5.81. The minimum absolute atomic E-state index is 0.273. The summed E-state index contributed by atoms with van der Waals surface area (Å²) in [6, 6.07) is 0. The van der Waals surface area contributed by atoms with Crippen molar-refractivity contribution in [2.24, 2.45) is 0 Å². The van der Waals surface area contributed by atoms with Crippen LogP contribution >= 0.6 is 0 Å². The fourth-order valence-corrected chi connectivity index (χ4v) is 1.68. The standard InChI is InChI=1S/C14H25NO4/c1-2-19-14(17)12-10-8-6-4-3-5-7-9-11-13(16)15-18/h10,12,18H,2-9,11H2,1H3,(H,15,16). The van der Waals surface area contributed by atoms with E-state index in [0.29, 0.717) is 13.0 Å². The van der Waals surface area contributed by atoms with E-state index >= 15 is 0 Å². The van der Waals surface area contributed by atoms with Crippen LogP contribution in [0.2, 0.25) is 0 Å². The van der Waals surface area contributed by atoms with E-state index in [1.54, 1.807) is 12.4 Å². The number of amides is 1. The summed E-state index contributed by atoms with van der Waals surface area (Å²) in [6.45, 7) is 2.20. The van der Waals surface area contributed by atoms with Crippen molar-refractivity contribution in [2.75, 3.05) is 6.61 Å². The van der Waals surface area contributed by atoms with Crippen molar-refractivity contribution in [3.63, 3.8) is 0 Å². The SMILES string of the molecule is CCOC(=O)C=CCCCCCCCCC(=O)NO. The first-order valence-corrected chi connectivity index (χ1v) is 6.97. The molecule has 19 heavy (non-hydrogen) atoms. The van der Waals surface area contributed by atoms with Crippen LogP contribution in [0.4, 0.5) is 0 Å². The van der Waals surface area contributed by atoms with Gasteiger partial charge < -0.3 is 4.74 Å². The smallest absolute Gasteiger partial charge is 0.330 e. The minimum atomic E-state index is -0.316. The van der Waals surface area contributed by atoms with E-state index in [1.807, 2.05) is 6.08 Å². The summed E-state index contributed by atoms with van der Waals surface area (Å²) < 4.78 is 4.77. The van der Waals surface area contributed by atoms with Crippen LogP contribution in [0.1, 0.15) is 58.3 Å². The topological polar surface area (TPSA) is 75.6 Å². The Morgan fingerprint density at radius 2 is 1.74 bits per heavy atom. The van der Waals surface area contributed by atoms with Gasteiger partial charge in [-0.2, -0.15) is 0 Å². The quantitative estimate of drug-likeness (QED) is 0.199. The van der Waals surface area contributed by atoms with Crippen molar-refractivity contribution in [1.29, 1.82) is 0 Å². The van der Waals surface area contributed by atoms with Crippen molar-refractivity contribution in [3.05, 3.63) is 12.2 Å². The Hall–Kier alpha value is -1.36. The van der Waals surface area contributed by atoms with Crippen LogP contribution in [-0.2, 0) is 14.3 Å². The lowest BCUT2D eigenvalue weighted by molar-refractivity contribution is -0.137. The molecule has 0 aliphatic rings. The molecule has 5 heteroatoms. The van der Waals surface area contributed by atoms with Gasteiger partial charge in [-0.15, -0.1) is 0 Å². The number of ether oxygens (including phenoxy) is 1. The summed E-state index contributed by atoms with van der Waals surface area (Å²) in [5, 5.41) is 8.29. The van der Waals surface area contributed by atoms with Crippen LogP contribution in [0.25, 0.3) is 0 Å². The van der Waals surface area contributed by atoms with Gasteiger partial charge in [-0.25, -0.2) is 10.3 Å². The maximum absolute atomic E-state index is 11.0. The van der Waals surface area contributed by atoms with Crippen LogP contribution in [0.5, 0.6) is 0 Å². The molecule has 0 saturated heterocycles. The van der Waals surface area contributed by atoms with E-state index in [-0.39, 0.29) is 11.9 Å². The molecule has 5 nitrogen and oxygen atoms in total. The van der Waals surface area contributed by atoms with Gasteiger partial charge in [0.2, 0.25) is 5.91 Å². The van der Waals surface area contributed by atoms with E-state index in [9.17, 15) is 9.59 Å². The number of unbranched alkanes of at least 4 members (excludes halogenated alkanes) is 6. The van der Waals surface area contributed by atoms with Crippen LogP contribution in [0.15, 0.2) is 12.2 Å². The molecule has 0 atom stereocenters. The molecule has 0 rings (SSSR count). The minimum Gasteiger partial charge on any atom is -0.463 e. The highest BCUT2D eigenvalue weighted by atomic mass is 16.5. The van der Waals surface area contributed by atoms with Crippen LogP contribution in [0.3, 0.4) is 0 Å². The monoisotopic (exact) mass is 271 g/mol. The molecule has 2 N–H and O–H groups in total. The molecule has 110 valence electrons. The number of nitrogens with one attached hydrogen (secondary N) is 1. The molecule has 0 aromatic carbocycles. The second-order valence-electron chi connectivity index (χ2n) is 4.35. The third-order valence-corrected chi connectivity index (χ3v) is 2.69. The van der Waals surface area contributed by atoms with E-state index in [0.717, 1.165) is 44.9 Å². The maximum Gasteiger partial charge on any atom is 0.330 e. The summed E-state index contributed by atoms with van der Waals surface area (Å²) in [7, 11) is 0. The largest absolute Gasteiger partial charge is 0.463 e. The lowest BCUT2D eigenvalue weighted by Gasteiger charge is -2.00. The molecule has 0 aliphatic carbocycles. The third-order valence-electron chi connectivity index (χ3n) is 2.69. The molecule has 0 unspecified atom stereocenters. The molecule has 0 spiro atoms. The predicted octanol–water partition coefficient (Wildman–Crippen LogP) is 2.73. The zero-order valence-electron chi connectivity index (χ0n) is 11.7. The molecule has 0 radical (unpaired) electrons. The first-order chi connectivity index (χ1) is 9.20. The maximum atomic E-state index is 11.0. The number of carbonyl (C=O) groups excluding carboxylic acids is 2. The van der Waals surface area contributed by atoms with Gasteiger partial charge in [-0.05, 0) is 26.2 Å². The number of rotatable bonds is 11. The molecule has 0 aromatic heterocycles. The number of hydroxylamine groups is 1. The first-order valence-electron chi connectivity index (χ1n) is 6.97. The Morgan fingerprint density at radius 1 is 1.11 bits per heavy atom. The lowest BCUT2D eigenvalue weighted by Crippen LogP contribution is -2.17. The van der Waals surface area contributed by atoms with Gasteiger partial charge in [0.25, 0.3) is 0 Å². The van der Waals surface area contributed by atoms with Gasteiger partial charge in [0, 0.05) is 12.5 Å². The van der Waals surface area contributed by atoms with E-state index in [4.69, 9.17) is 9.94 Å². The molecule has 0 aliphatic heterocycles. The van der Waals surface area contributed by atoms with E-state index in [1.165, 1.54) is 6.08 Å². The number of esters is 1. The van der Waals surface area contributed by atoms with Crippen LogP contribution in [0, 0.1) is 0 Å². The fourth-order valence-electron chi connectivity index (χ4n) is 1.68. The van der Waals surface area contributed by atoms with Gasteiger partial charge in [0.1, 0.15) is 0 Å². The van der Waals surface area contributed by atoms with Crippen molar-refractivity contribution in [3.8, 4) is 0 Å². The van der Waals surface area contributed by atoms with Gasteiger partial charge >= 0.3 is 5.97 Å². The van der Waals surface area contributed by atoms with Crippen molar-refractivity contribution < 1.29 is 19.5 Å². The van der Waals surface area contributed by atoms with Crippen molar-refractivity contribution >= 4 is 11.9 Å². The summed E-state index contributed by atoms with van der Waals surface area (Å²) >= 11 is 0.